The Morgan fingerprint density at radius 2 is 1.46 bits per heavy atom. The molecule has 5 nitrogen and oxygen atoms in total. The van der Waals surface area contributed by atoms with Crippen molar-refractivity contribution in [2.75, 3.05) is 18.4 Å². The molecule has 0 unspecified atom stereocenters. The molecule has 0 aliphatic carbocycles. The summed E-state index contributed by atoms with van der Waals surface area (Å²) in [5.41, 5.74) is 0.602. The van der Waals surface area contributed by atoms with Crippen LogP contribution in [-0.4, -0.2) is 31.7 Å². The fourth-order valence-electron chi connectivity index (χ4n) is 2.49. The molecule has 0 saturated carbocycles. The van der Waals surface area contributed by atoms with Crippen LogP contribution < -0.4 is 5.32 Å². The van der Waals surface area contributed by atoms with Crippen molar-refractivity contribution in [2.24, 2.45) is 0 Å². The second-order valence-corrected chi connectivity index (χ2v) is 7.96. The van der Waals surface area contributed by atoms with E-state index in [9.17, 15) is 13.2 Å². The van der Waals surface area contributed by atoms with Gasteiger partial charge in [-0.1, -0.05) is 39.5 Å². The molecule has 0 heterocycles. The van der Waals surface area contributed by atoms with Gasteiger partial charge in [0, 0.05) is 25.7 Å². The number of carbonyl (C=O) groups excluding carboxylic acids is 1. The maximum atomic E-state index is 12.9. The summed E-state index contributed by atoms with van der Waals surface area (Å²) in [6.07, 6.45) is 5.95. The topological polar surface area (TPSA) is 66.5 Å². The Hall–Kier alpha value is -1.40. The number of nitrogens with zero attached hydrogens (tertiary/aromatic N) is 1. The van der Waals surface area contributed by atoms with Gasteiger partial charge in [-0.05, 0) is 37.1 Å². The minimum atomic E-state index is -3.49. The Balaban J connectivity index is 2.89. The first-order chi connectivity index (χ1) is 11.4. The van der Waals surface area contributed by atoms with Gasteiger partial charge in [0.1, 0.15) is 0 Å². The average molecular weight is 355 g/mol. The summed E-state index contributed by atoms with van der Waals surface area (Å²) in [5.74, 6) is -0.175. The van der Waals surface area contributed by atoms with E-state index in [-0.39, 0.29) is 10.8 Å². The third-order valence-corrected chi connectivity index (χ3v) is 5.75. The lowest BCUT2D eigenvalue weighted by Crippen LogP contribution is -2.33. The van der Waals surface area contributed by atoms with Crippen molar-refractivity contribution in [1.82, 2.24) is 4.31 Å². The summed E-state index contributed by atoms with van der Waals surface area (Å²) >= 11 is 0. The molecule has 6 heteroatoms. The molecule has 0 atom stereocenters. The van der Waals surface area contributed by atoms with Crippen molar-refractivity contribution in [3.05, 3.63) is 24.3 Å². The average Bonchev–Trinajstić information content (AvgIpc) is 2.53. The minimum Gasteiger partial charge on any atom is -0.326 e. The van der Waals surface area contributed by atoms with E-state index in [0.717, 1.165) is 38.5 Å². The molecule has 1 rings (SSSR count). The van der Waals surface area contributed by atoms with E-state index in [1.54, 1.807) is 28.6 Å². The molecule has 1 N–H and O–H groups in total. The van der Waals surface area contributed by atoms with Crippen molar-refractivity contribution in [3.8, 4) is 0 Å². The number of sulfonamides is 1. The Bertz CT molecular complexity index is 587. The Labute approximate surface area is 146 Å². The number of unbranched alkanes of at least 4 members (excludes halogenated alkanes) is 4. The molecule has 0 spiro atoms. The number of nitrogens with one attached hydrogen (secondary N) is 1. The zero-order chi connectivity index (χ0) is 18.0. The smallest absolute Gasteiger partial charge is 0.243 e. The molecular weight excluding hydrogens is 324 g/mol. The predicted octanol–water partition coefficient (Wildman–Crippen LogP) is 4.02. The largest absolute Gasteiger partial charge is 0.326 e. The third-order valence-electron chi connectivity index (χ3n) is 3.83. The second-order valence-electron chi connectivity index (χ2n) is 6.02. The molecule has 24 heavy (non-hydrogen) atoms. The van der Waals surface area contributed by atoms with Crippen LogP contribution >= 0.6 is 0 Å². The van der Waals surface area contributed by atoms with Crippen LogP contribution in [0.5, 0.6) is 0 Å². The lowest BCUT2D eigenvalue weighted by molar-refractivity contribution is -0.114. The number of hydrogen-bond donors (Lipinski definition) is 1. The Morgan fingerprint density at radius 1 is 0.958 bits per heavy atom. The zero-order valence-corrected chi connectivity index (χ0v) is 15.9. The number of amides is 1. The molecule has 1 aromatic rings. The van der Waals surface area contributed by atoms with Gasteiger partial charge in [-0.3, -0.25) is 4.79 Å². The van der Waals surface area contributed by atoms with Gasteiger partial charge < -0.3 is 5.32 Å². The SMILES string of the molecule is CCCCCN(CCCCC)S(=O)(=O)c1ccc(NC(C)=O)cc1. The molecule has 0 aromatic heterocycles. The molecule has 0 aliphatic rings. The molecule has 0 aliphatic heterocycles. The highest BCUT2D eigenvalue weighted by molar-refractivity contribution is 7.89. The maximum Gasteiger partial charge on any atom is 0.243 e. The number of hydrogen-bond acceptors (Lipinski definition) is 3. The van der Waals surface area contributed by atoms with Gasteiger partial charge in [0.15, 0.2) is 0 Å². The molecule has 1 amide bonds. The van der Waals surface area contributed by atoms with Gasteiger partial charge in [-0.2, -0.15) is 4.31 Å². The van der Waals surface area contributed by atoms with Crippen LogP contribution in [0.3, 0.4) is 0 Å². The summed E-state index contributed by atoms with van der Waals surface area (Å²) < 4.78 is 27.4. The number of anilines is 1. The van der Waals surface area contributed by atoms with E-state index >= 15 is 0 Å². The van der Waals surface area contributed by atoms with Crippen molar-refractivity contribution in [1.29, 1.82) is 0 Å². The lowest BCUT2D eigenvalue weighted by Gasteiger charge is -2.22. The normalized spacial score (nSPS) is 11.7. The van der Waals surface area contributed by atoms with Crippen molar-refractivity contribution >= 4 is 21.6 Å². The van der Waals surface area contributed by atoms with Gasteiger partial charge in [0.2, 0.25) is 15.9 Å². The highest BCUT2D eigenvalue weighted by Crippen LogP contribution is 2.20. The summed E-state index contributed by atoms with van der Waals surface area (Å²) in [6, 6.07) is 6.38. The number of benzene rings is 1. The molecule has 0 radical (unpaired) electrons. The van der Waals surface area contributed by atoms with E-state index < -0.39 is 10.0 Å². The Kier molecular flexibility index (Phi) is 9.00. The summed E-state index contributed by atoms with van der Waals surface area (Å²) in [5, 5.41) is 2.65. The zero-order valence-electron chi connectivity index (χ0n) is 15.0. The van der Waals surface area contributed by atoms with Gasteiger partial charge in [-0.25, -0.2) is 8.42 Å². The molecule has 0 saturated heterocycles. The lowest BCUT2D eigenvalue weighted by atomic mass is 10.2. The first-order valence-corrected chi connectivity index (χ1v) is 10.2. The highest BCUT2D eigenvalue weighted by Gasteiger charge is 2.23. The third kappa shape index (κ3) is 6.61. The summed E-state index contributed by atoms with van der Waals surface area (Å²) in [7, 11) is -3.49. The van der Waals surface area contributed by atoms with Crippen LogP contribution in [0.25, 0.3) is 0 Å². The summed E-state index contributed by atoms with van der Waals surface area (Å²) in [4.78, 5) is 11.3. The van der Waals surface area contributed by atoms with Crippen LogP contribution in [0.2, 0.25) is 0 Å². The first-order valence-electron chi connectivity index (χ1n) is 8.79. The first kappa shape index (κ1) is 20.6. The fourth-order valence-corrected chi connectivity index (χ4v) is 4.01. The quantitative estimate of drug-likeness (QED) is 0.610. The van der Waals surface area contributed by atoms with E-state index in [1.165, 1.54) is 6.92 Å². The van der Waals surface area contributed by atoms with Gasteiger partial charge in [-0.15, -0.1) is 0 Å². The molecule has 136 valence electrons. The van der Waals surface area contributed by atoms with Crippen LogP contribution in [0, 0.1) is 0 Å². The van der Waals surface area contributed by atoms with Crippen LogP contribution in [-0.2, 0) is 14.8 Å². The van der Waals surface area contributed by atoms with Crippen LogP contribution in [0.4, 0.5) is 5.69 Å². The predicted molar refractivity (Wildman–Crippen MR) is 98.6 cm³/mol. The van der Waals surface area contributed by atoms with E-state index in [1.807, 2.05) is 0 Å². The van der Waals surface area contributed by atoms with Crippen molar-refractivity contribution in [3.63, 3.8) is 0 Å². The van der Waals surface area contributed by atoms with Crippen molar-refractivity contribution < 1.29 is 13.2 Å². The standard InChI is InChI=1S/C18H30N2O3S/c1-4-6-8-14-20(15-9-7-5-2)24(22,23)18-12-10-17(11-13-18)19-16(3)21/h10-13H,4-9,14-15H2,1-3H3,(H,19,21). The van der Waals surface area contributed by atoms with Gasteiger partial charge in [0.05, 0.1) is 4.90 Å². The van der Waals surface area contributed by atoms with Gasteiger partial charge in [0.25, 0.3) is 0 Å². The number of carbonyl (C=O) groups is 1. The number of rotatable bonds is 11. The van der Waals surface area contributed by atoms with Crippen LogP contribution in [0.15, 0.2) is 29.2 Å². The monoisotopic (exact) mass is 354 g/mol. The molecule has 0 fully saturated rings. The maximum absolute atomic E-state index is 12.9. The van der Waals surface area contributed by atoms with E-state index in [2.05, 4.69) is 19.2 Å². The molecule has 0 bridgehead atoms. The van der Waals surface area contributed by atoms with E-state index in [4.69, 9.17) is 0 Å². The second kappa shape index (κ2) is 10.5. The minimum absolute atomic E-state index is 0.175. The summed E-state index contributed by atoms with van der Waals surface area (Å²) in [6.45, 7) is 6.77. The highest BCUT2D eigenvalue weighted by atomic mass is 32.2. The van der Waals surface area contributed by atoms with Crippen molar-refractivity contribution in [2.45, 2.75) is 64.2 Å². The molecule has 1 aromatic carbocycles. The fraction of sp³-hybridized carbons (Fsp3) is 0.611. The van der Waals surface area contributed by atoms with Crippen LogP contribution in [0.1, 0.15) is 59.3 Å². The van der Waals surface area contributed by atoms with E-state index in [0.29, 0.717) is 18.8 Å². The van der Waals surface area contributed by atoms with Gasteiger partial charge >= 0.3 is 0 Å². The Morgan fingerprint density at radius 3 is 1.88 bits per heavy atom. The molecular formula is C18H30N2O3S.